The summed E-state index contributed by atoms with van der Waals surface area (Å²) in [6, 6.07) is 13.0. The van der Waals surface area contributed by atoms with E-state index in [1.807, 2.05) is 30.3 Å². The van der Waals surface area contributed by atoms with Crippen molar-refractivity contribution < 1.29 is 18.7 Å². The third-order valence-electron chi connectivity index (χ3n) is 3.48. The summed E-state index contributed by atoms with van der Waals surface area (Å²) in [6.07, 6.45) is -1.80. The van der Waals surface area contributed by atoms with Gasteiger partial charge in [0.2, 0.25) is 0 Å². The van der Waals surface area contributed by atoms with Gasteiger partial charge in [0, 0.05) is 40.1 Å². The first-order chi connectivity index (χ1) is 12.7. The minimum Gasteiger partial charge on any atom is -0.478 e. The van der Waals surface area contributed by atoms with Crippen LogP contribution in [-0.4, -0.2) is 20.9 Å². The lowest BCUT2D eigenvalue weighted by molar-refractivity contribution is 0.0684. The Morgan fingerprint density at radius 2 is 1.85 bits per heavy atom. The average molecular weight is 414 g/mol. The van der Waals surface area contributed by atoms with E-state index in [1.165, 1.54) is 7.05 Å². The molecule has 0 saturated carbocycles. The van der Waals surface area contributed by atoms with Gasteiger partial charge in [-0.2, -0.15) is 5.10 Å². The quantitative estimate of drug-likeness (QED) is 0.570. The molecule has 2 aromatic carbocycles. The number of halogens is 4. The van der Waals surface area contributed by atoms with Crippen LogP contribution in [0.3, 0.4) is 0 Å². The van der Waals surface area contributed by atoms with Crippen LogP contribution < -0.4 is 5.73 Å². The van der Waals surface area contributed by atoms with Crippen LogP contribution in [0.5, 0.6) is 0 Å². The minimum absolute atomic E-state index is 0.451. The van der Waals surface area contributed by atoms with Crippen LogP contribution in [0.1, 0.15) is 22.5 Å². The van der Waals surface area contributed by atoms with E-state index >= 15 is 0 Å². The second-order valence-electron chi connectivity index (χ2n) is 5.42. The largest absolute Gasteiger partial charge is 0.478 e. The molecular formula is C18H15Cl2F2N3O2. The number of carboxylic acids is 1. The molecule has 0 unspecified atom stereocenters. The van der Waals surface area contributed by atoms with Crippen molar-refractivity contribution in [3.8, 4) is 11.1 Å². The summed E-state index contributed by atoms with van der Waals surface area (Å²) in [7, 11) is 1.39. The lowest BCUT2D eigenvalue weighted by Gasteiger charge is -2.07. The highest BCUT2D eigenvalue weighted by molar-refractivity contribution is 6.36. The fraction of sp³-hybridized carbons (Fsp3) is 0.111. The fourth-order valence-corrected chi connectivity index (χ4v) is 2.79. The Hall–Kier alpha value is -2.64. The fourth-order valence-electron chi connectivity index (χ4n) is 2.28. The molecule has 0 amide bonds. The number of para-hydroxylation sites is 1. The van der Waals surface area contributed by atoms with Gasteiger partial charge >= 0.3 is 5.97 Å². The van der Waals surface area contributed by atoms with Crippen molar-refractivity contribution >= 4 is 34.9 Å². The van der Waals surface area contributed by atoms with E-state index in [4.69, 9.17) is 34.0 Å². The van der Waals surface area contributed by atoms with Crippen molar-refractivity contribution in [3.63, 3.8) is 0 Å². The first-order valence-electron chi connectivity index (χ1n) is 7.55. The molecule has 0 aliphatic carbocycles. The van der Waals surface area contributed by atoms with Crippen molar-refractivity contribution in [1.82, 2.24) is 9.78 Å². The van der Waals surface area contributed by atoms with Gasteiger partial charge in [0.05, 0.1) is 0 Å². The van der Waals surface area contributed by atoms with Crippen LogP contribution in [0.15, 0.2) is 48.7 Å². The summed E-state index contributed by atoms with van der Waals surface area (Å²) >= 11 is 11.9. The van der Waals surface area contributed by atoms with Crippen molar-refractivity contribution in [2.75, 3.05) is 5.73 Å². The van der Waals surface area contributed by atoms with Gasteiger partial charge in [0.1, 0.15) is 11.3 Å². The molecule has 3 aromatic rings. The number of aryl methyl sites for hydroxylation is 1. The van der Waals surface area contributed by atoms with E-state index in [1.54, 1.807) is 12.1 Å². The molecule has 0 bridgehead atoms. The van der Waals surface area contributed by atoms with E-state index in [0.29, 0.717) is 15.7 Å². The molecule has 3 N–H and O–H groups in total. The Morgan fingerprint density at radius 1 is 1.19 bits per heavy atom. The van der Waals surface area contributed by atoms with Gasteiger partial charge in [-0.25, -0.2) is 13.6 Å². The molecule has 0 spiro atoms. The Kier molecular flexibility index (Phi) is 6.76. The molecule has 142 valence electrons. The van der Waals surface area contributed by atoms with Crippen molar-refractivity contribution in [2.24, 2.45) is 7.05 Å². The highest BCUT2D eigenvalue weighted by atomic mass is 35.5. The van der Waals surface area contributed by atoms with Gasteiger partial charge in [-0.15, -0.1) is 0 Å². The molecular weight excluding hydrogens is 399 g/mol. The number of nitrogens with two attached hydrogens (primary N) is 1. The smallest absolute Gasteiger partial charge is 0.339 e. The first kappa shape index (κ1) is 20.7. The number of aromatic carboxylic acids is 1. The molecule has 0 fully saturated rings. The highest BCUT2D eigenvalue weighted by Gasteiger charge is 2.21. The summed E-state index contributed by atoms with van der Waals surface area (Å²) in [4.78, 5) is 10.4. The number of rotatable bonds is 3. The Bertz CT molecular complexity index is 962. The molecule has 0 aliphatic rings. The number of hydrogen-bond acceptors (Lipinski definition) is 3. The van der Waals surface area contributed by atoms with E-state index in [-0.39, 0.29) is 0 Å². The monoisotopic (exact) mass is 413 g/mol. The molecule has 0 radical (unpaired) electrons. The minimum atomic E-state index is -2.85. The summed E-state index contributed by atoms with van der Waals surface area (Å²) in [5, 5.41) is 13.0. The third kappa shape index (κ3) is 5.18. The van der Waals surface area contributed by atoms with Gasteiger partial charge in [-0.3, -0.25) is 4.68 Å². The number of benzene rings is 2. The van der Waals surface area contributed by atoms with E-state index in [9.17, 15) is 13.6 Å². The Morgan fingerprint density at radius 3 is 2.37 bits per heavy atom. The maximum atomic E-state index is 12.1. The van der Waals surface area contributed by atoms with E-state index < -0.39 is 23.7 Å². The summed E-state index contributed by atoms with van der Waals surface area (Å²) in [6.45, 7) is 0. The lowest BCUT2D eigenvalue weighted by atomic mass is 10.0. The zero-order valence-corrected chi connectivity index (χ0v) is 15.5. The van der Waals surface area contributed by atoms with Crippen molar-refractivity contribution in [2.45, 2.75) is 6.43 Å². The van der Waals surface area contributed by atoms with Gasteiger partial charge in [-0.1, -0.05) is 47.5 Å². The number of aromatic nitrogens is 2. The van der Waals surface area contributed by atoms with Gasteiger partial charge in [-0.05, 0) is 18.2 Å². The molecule has 1 heterocycles. The molecule has 0 aliphatic heterocycles. The second kappa shape index (κ2) is 8.83. The predicted octanol–water partition coefficient (Wildman–Crippen LogP) is 5.30. The van der Waals surface area contributed by atoms with E-state index in [2.05, 4.69) is 5.10 Å². The number of carboxylic acid groups (broad SMARTS) is 1. The second-order valence-corrected chi connectivity index (χ2v) is 6.26. The molecule has 3 rings (SSSR count). The Balaban J connectivity index is 0.000000199. The topological polar surface area (TPSA) is 81.1 Å². The molecule has 0 atom stereocenters. The standard InChI is InChI=1S/C12H9Cl2N.C6H6F2N2O2/c13-8-5-6-9(11(14)7-8)10-3-1-2-4-12(10)15;1-10-2-3(6(11)12)4(9-10)5(7)8/h1-7H,15H2;2,5H,1H3,(H,11,12). The average Bonchev–Trinajstić information content (AvgIpc) is 2.99. The SMILES string of the molecule is Cn1cc(C(=O)O)c(C(F)F)n1.Nc1ccccc1-c1ccc(Cl)cc1Cl. The molecule has 5 nitrogen and oxygen atoms in total. The number of alkyl halides is 2. The number of nitrogens with zero attached hydrogens (tertiary/aromatic N) is 2. The van der Waals surface area contributed by atoms with Gasteiger partial charge < -0.3 is 10.8 Å². The van der Waals surface area contributed by atoms with Crippen LogP contribution in [0.2, 0.25) is 10.0 Å². The molecule has 0 saturated heterocycles. The lowest BCUT2D eigenvalue weighted by Crippen LogP contribution is -1.99. The van der Waals surface area contributed by atoms with Crippen LogP contribution in [0.4, 0.5) is 14.5 Å². The number of hydrogen-bond donors (Lipinski definition) is 2. The zero-order chi connectivity index (χ0) is 20.1. The summed E-state index contributed by atoms with van der Waals surface area (Å²) in [5.74, 6) is -1.39. The van der Waals surface area contributed by atoms with Gasteiger partial charge in [0.25, 0.3) is 6.43 Å². The van der Waals surface area contributed by atoms with Crippen LogP contribution in [0.25, 0.3) is 11.1 Å². The summed E-state index contributed by atoms with van der Waals surface area (Å²) in [5.41, 5.74) is 7.27. The summed E-state index contributed by atoms with van der Waals surface area (Å²) < 4.78 is 25.2. The maximum absolute atomic E-state index is 12.1. The maximum Gasteiger partial charge on any atom is 0.339 e. The van der Waals surface area contributed by atoms with Crippen molar-refractivity contribution in [1.29, 1.82) is 0 Å². The normalized spacial score (nSPS) is 10.4. The highest BCUT2D eigenvalue weighted by Crippen LogP contribution is 2.33. The van der Waals surface area contributed by atoms with Crippen LogP contribution >= 0.6 is 23.2 Å². The molecule has 1 aromatic heterocycles. The van der Waals surface area contributed by atoms with E-state index in [0.717, 1.165) is 22.0 Å². The number of nitrogen functional groups attached to an aromatic ring is 1. The van der Waals surface area contributed by atoms with Crippen molar-refractivity contribution in [3.05, 3.63) is 70.0 Å². The molecule has 9 heteroatoms. The van der Waals surface area contributed by atoms with Crippen LogP contribution in [0, 0.1) is 0 Å². The van der Waals surface area contributed by atoms with Crippen LogP contribution in [-0.2, 0) is 7.05 Å². The first-order valence-corrected chi connectivity index (χ1v) is 8.31. The number of anilines is 1. The Labute approximate surface area is 163 Å². The predicted molar refractivity (Wildman–Crippen MR) is 101 cm³/mol. The van der Waals surface area contributed by atoms with Gasteiger partial charge in [0.15, 0.2) is 0 Å². The number of carbonyl (C=O) groups is 1. The third-order valence-corrected chi connectivity index (χ3v) is 4.02. The molecule has 27 heavy (non-hydrogen) atoms. The zero-order valence-electron chi connectivity index (χ0n) is 14.0.